The molecule has 108 valence electrons. The summed E-state index contributed by atoms with van der Waals surface area (Å²) in [4.78, 5) is 25.9. The van der Waals surface area contributed by atoms with Gasteiger partial charge in [0, 0.05) is 26.7 Å². The van der Waals surface area contributed by atoms with Crippen LogP contribution in [0, 0.1) is 5.92 Å². The highest BCUT2D eigenvalue weighted by molar-refractivity contribution is 5.79. The normalized spacial score (nSPS) is 14.6. The quantitative estimate of drug-likeness (QED) is 0.900. The van der Waals surface area contributed by atoms with Gasteiger partial charge in [0.1, 0.15) is 5.75 Å². The van der Waals surface area contributed by atoms with Crippen molar-refractivity contribution in [2.45, 2.75) is 6.54 Å². The molecule has 20 heavy (non-hydrogen) atoms. The molecular formula is C14H18N2O4. The Morgan fingerprint density at radius 2 is 2.15 bits per heavy atom. The van der Waals surface area contributed by atoms with Crippen LogP contribution in [0.4, 0.5) is 4.79 Å². The van der Waals surface area contributed by atoms with Crippen molar-refractivity contribution in [2.75, 3.05) is 27.2 Å². The fraction of sp³-hybridized carbons (Fsp3) is 0.429. The Morgan fingerprint density at radius 3 is 2.75 bits per heavy atom. The lowest BCUT2D eigenvalue weighted by atomic mass is 10.0. The van der Waals surface area contributed by atoms with Crippen LogP contribution in [0.5, 0.6) is 5.75 Å². The molecule has 0 unspecified atom stereocenters. The zero-order valence-electron chi connectivity index (χ0n) is 11.6. The predicted octanol–water partition coefficient (Wildman–Crippen LogP) is 1.26. The van der Waals surface area contributed by atoms with E-state index in [4.69, 9.17) is 9.84 Å². The third kappa shape index (κ3) is 3.01. The summed E-state index contributed by atoms with van der Waals surface area (Å²) in [5.41, 5.74) is 0.968. The summed E-state index contributed by atoms with van der Waals surface area (Å²) in [6, 6.07) is 7.36. The molecule has 6 heteroatoms. The average molecular weight is 278 g/mol. The van der Waals surface area contributed by atoms with Gasteiger partial charge in [-0.15, -0.1) is 0 Å². The number of ether oxygens (including phenoxy) is 1. The molecular weight excluding hydrogens is 260 g/mol. The molecule has 0 aromatic heterocycles. The highest BCUT2D eigenvalue weighted by Crippen LogP contribution is 2.19. The van der Waals surface area contributed by atoms with Gasteiger partial charge in [-0.25, -0.2) is 4.79 Å². The number of aliphatic carboxylic acids is 1. The molecule has 2 rings (SSSR count). The van der Waals surface area contributed by atoms with Crippen LogP contribution in [0.25, 0.3) is 0 Å². The zero-order valence-corrected chi connectivity index (χ0v) is 11.6. The van der Waals surface area contributed by atoms with Crippen molar-refractivity contribution in [3.8, 4) is 5.75 Å². The van der Waals surface area contributed by atoms with Crippen molar-refractivity contribution >= 4 is 12.0 Å². The van der Waals surface area contributed by atoms with Crippen LogP contribution in [0.3, 0.4) is 0 Å². The van der Waals surface area contributed by atoms with E-state index in [1.807, 2.05) is 24.3 Å². The Morgan fingerprint density at radius 1 is 1.45 bits per heavy atom. The van der Waals surface area contributed by atoms with Crippen LogP contribution < -0.4 is 4.74 Å². The number of likely N-dealkylation sites (tertiary alicyclic amines) is 1. The van der Waals surface area contributed by atoms with Gasteiger partial charge in [-0.05, 0) is 17.7 Å². The van der Waals surface area contributed by atoms with Crippen LogP contribution in [0.2, 0.25) is 0 Å². The number of amides is 2. The van der Waals surface area contributed by atoms with Crippen LogP contribution in [0.15, 0.2) is 24.3 Å². The Labute approximate surface area is 117 Å². The molecule has 0 atom stereocenters. The van der Waals surface area contributed by atoms with Crippen LogP contribution in [-0.4, -0.2) is 54.2 Å². The van der Waals surface area contributed by atoms with Gasteiger partial charge in [0.2, 0.25) is 0 Å². The van der Waals surface area contributed by atoms with E-state index in [2.05, 4.69) is 0 Å². The zero-order chi connectivity index (χ0) is 14.7. The van der Waals surface area contributed by atoms with Gasteiger partial charge in [0.15, 0.2) is 0 Å². The van der Waals surface area contributed by atoms with Crippen LogP contribution in [-0.2, 0) is 11.3 Å². The summed E-state index contributed by atoms with van der Waals surface area (Å²) >= 11 is 0. The summed E-state index contributed by atoms with van der Waals surface area (Å²) in [5.74, 6) is -0.521. The summed E-state index contributed by atoms with van der Waals surface area (Å²) in [6.45, 7) is 1.04. The van der Waals surface area contributed by atoms with Gasteiger partial charge in [0.05, 0.1) is 13.0 Å². The number of nitrogens with zero attached hydrogens (tertiary/aromatic N) is 2. The second kappa shape index (κ2) is 5.81. The Kier molecular flexibility index (Phi) is 4.12. The molecule has 1 aliphatic rings. The highest BCUT2D eigenvalue weighted by Gasteiger charge is 2.36. The lowest BCUT2D eigenvalue weighted by molar-refractivity contribution is -0.146. The van der Waals surface area contributed by atoms with Crippen molar-refractivity contribution < 1.29 is 19.4 Å². The molecule has 0 bridgehead atoms. The van der Waals surface area contributed by atoms with E-state index < -0.39 is 11.9 Å². The van der Waals surface area contributed by atoms with Crippen LogP contribution in [0.1, 0.15) is 5.56 Å². The second-order valence-corrected chi connectivity index (χ2v) is 4.93. The summed E-state index contributed by atoms with van der Waals surface area (Å²) in [6.07, 6.45) is 0. The van der Waals surface area contributed by atoms with E-state index in [9.17, 15) is 9.59 Å². The third-order valence-electron chi connectivity index (χ3n) is 3.38. The van der Waals surface area contributed by atoms with Gasteiger partial charge >= 0.3 is 12.0 Å². The molecule has 1 aromatic carbocycles. The number of urea groups is 1. The minimum Gasteiger partial charge on any atom is -0.497 e. The number of hydrogen-bond acceptors (Lipinski definition) is 3. The van der Waals surface area contributed by atoms with Gasteiger partial charge in [0.25, 0.3) is 0 Å². The average Bonchev–Trinajstić information content (AvgIpc) is 2.36. The Hall–Kier alpha value is -2.24. The number of carboxylic acid groups (broad SMARTS) is 1. The molecule has 0 radical (unpaired) electrons. The van der Waals surface area contributed by atoms with Crippen molar-refractivity contribution in [2.24, 2.45) is 5.92 Å². The molecule has 1 saturated heterocycles. The highest BCUT2D eigenvalue weighted by atomic mass is 16.5. The monoisotopic (exact) mass is 278 g/mol. The number of benzene rings is 1. The summed E-state index contributed by atoms with van der Waals surface area (Å²) in [5, 5.41) is 8.80. The molecule has 1 fully saturated rings. The molecule has 6 nitrogen and oxygen atoms in total. The van der Waals surface area contributed by atoms with E-state index in [-0.39, 0.29) is 19.1 Å². The van der Waals surface area contributed by atoms with Gasteiger partial charge < -0.3 is 19.6 Å². The maximum absolute atomic E-state index is 12.1. The molecule has 2 amide bonds. The maximum atomic E-state index is 12.1. The fourth-order valence-electron chi connectivity index (χ4n) is 2.14. The number of carboxylic acids is 1. The molecule has 1 aliphatic heterocycles. The SMILES string of the molecule is COc1cccc(CN(C)C(=O)N2CC(C(=O)O)C2)c1. The number of carbonyl (C=O) groups is 2. The largest absolute Gasteiger partial charge is 0.497 e. The Balaban J connectivity index is 1.90. The Bertz CT molecular complexity index is 512. The van der Waals surface area contributed by atoms with E-state index in [1.54, 1.807) is 24.0 Å². The molecule has 0 aliphatic carbocycles. The van der Waals surface area contributed by atoms with E-state index in [0.29, 0.717) is 6.54 Å². The first-order valence-corrected chi connectivity index (χ1v) is 6.37. The van der Waals surface area contributed by atoms with Gasteiger partial charge in [-0.3, -0.25) is 4.79 Å². The van der Waals surface area contributed by atoms with E-state index >= 15 is 0 Å². The maximum Gasteiger partial charge on any atom is 0.320 e. The fourth-order valence-corrected chi connectivity index (χ4v) is 2.14. The lowest BCUT2D eigenvalue weighted by Gasteiger charge is -2.39. The molecule has 1 aromatic rings. The third-order valence-corrected chi connectivity index (χ3v) is 3.38. The lowest BCUT2D eigenvalue weighted by Crippen LogP contribution is -2.56. The van der Waals surface area contributed by atoms with Crippen molar-refractivity contribution in [3.63, 3.8) is 0 Å². The number of rotatable bonds is 4. The number of hydrogen-bond donors (Lipinski definition) is 1. The van der Waals surface area contributed by atoms with Crippen molar-refractivity contribution in [3.05, 3.63) is 29.8 Å². The van der Waals surface area contributed by atoms with Gasteiger partial charge in [-0.1, -0.05) is 12.1 Å². The second-order valence-electron chi connectivity index (χ2n) is 4.93. The van der Waals surface area contributed by atoms with Crippen molar-refractivity contribution in [1.82, 2.24) is 9.80 Å². The minimum atomic E-state index is -0.843. The number of methoxy groups -OCH3 is 1. The van der Waals surface area contributed by atoms with Gasteiger partial charge in [-0.2, -0.15) is 0 Å². The summed E-state index contributed by atoms with van der Waals surface area (Å²) < 4.78 is 5.14. The standard InChI is InChI=1S/C14H18N2O4/c1-15(7-10-4-3-5-12(6-10)20-2)14(19)16-8-11(9-16)13(17)18/h3-6,11H,7-9H2,1-2H3,(H,17,18). The first-order valence-electron chi connectivity index (χ1n) is 6.37. The summed E-state index contributed by atoms with van der Waals surface area (Å²) in [7, 11) is 3.30. The topological polar surface area (TPSA) is 70.1 Å². The van der Waals surface area contributed by atoms with E-state index in [0.717, 1.165) is 11.3 Å². The first kappa shape index (κ1) is 14.2. The minimum absolute atomic E-state index is 0.148. The smallest absolute Gasteiger partial charge is 0.320 e. The van der Waals surface area contributed by atoms with Crippen LogP contribution >= 0.6 is 0 Å². The molecule has 1 heterocycles. The van der Waals surface area contributed by atoms with Crippen molar-refractivity contribution in [1.29, 1.82) is 0 Å². The predicted molar refractivity (Wildman–Crippen MR) is 72.6 cm³/mol. The van der Waals surface area contributed by atoms with E-state index in [1.165, 1.54) is 0 Å². The molecule has 1 N–H and O–H groups in total. The number of carbonyl (C=O) groups excluding carboxylic acids is 1. The molecule has 0 spiro atoms. The molecule has 0 saturated carbocycles. The first-order chi connectivity index (χ1) is 9.51.